The van der Waals surface area contributed by atoms with Crippen LogP contribution < -0.4 is 4.90 Å². The molecule has 2 rings (SSSR count). The minimum atomic E-state index is 0.313. The zero-order valence-electron chi connectivity index (χ0n) is 9.78. The highest BCUT2D eigenvalue weighted by molar-refractivity contribution is 6.28. The van der Waals surface area contributed by atoms with Crippen LogP contribution in [0.3, 0.4) is 0 Å². The molecule has 0 bridgehead atoms. The maximum Gasteiger partial charge on any atom is 0.229 e. The van der Waals surface area contributed by atoms with Crippen molar-refractivity contribution in [2.24, 2.45) is 5.92 Å². The lowest BCUT2D eigenvalue weighted by molar-refractivity contribution is 0.616. The monoisotopic (exact) mass is 240 g/mol. The zero-order chi connectivity index (χ0) is 11.5. The SMILES string of the molecule is CC(C)Cc1nc(Cl)nc(N2CCCC2)n1. The molecular formula is C11H17ClN4. The molecule has 1 aliphatic rings. The number of aromatic nitrogens is 3. The summed E-state index contributed by atoms with van der Waals surface area (Å²) < 4.78 is 0. The van der Waals surface area contributed by atoms with Gasteiger partial charge in [-0.2, -0.15) is 9.97 Å². The predicted octanol–water partition coefficient (Wildman–Crippen LogP) is 2.32. The Morgan fingerprint density at radius 1 is 1.19 bits per heavy atom. The van der Waals surface area contributed by atoms with Gasteiger partial charge in [-0.25, -0.2) is 4.98 Å². The van der Waals surface area contributed by atoms with Crippen LogP contribution in [0.1, 0.15) is 32.5 Å². The van der Waals surface area contributed by atoms with Gasteiger partial charge in [-0.1, -0.05) is 13.8 Å². The molecule has 1 aliphatic heterocycles. The maximum absolute atomic E-state index is 5.92. The Hall–Kier alpha value is -0.900. The molecule has 0 radical (unpaired) electrons. The van der Waals surface area contributed by atoms with E-state index in [4.69, 9.17) is 11.6 Å². The Kier molecular flexibility index (Phi) is 3.59. The Morgan fingerprint density at radius 3 is 2.50 bits per heavy atom. The summed E-state index contributed by atoms with van der Waals surface area (Å²) >= 11 is 5.92. The molecule has 1 aromatic heterocycles. The first-order chi connectivity index (χ1) is 7.65. The van der Waals surface area contributed by atoms with Gasteiger partial charge in [0.1, 0.15) is 5.82 Å². The van der Waals surface area contributed by atoms with E-state index in [1.165, 1.54) is 12.8 Å². The van der Waals surface area contributed by atoms with Gasteiger partial charge in [0.2, 0.25) is 11.2 Å². The number of anilines is 1. The molecule has 5 heteroatoms. The average Bonchev–Trinajstić information content (AvgIpc) is 2.67. The van der Waals surface area contributed by atoms with Crippen molar-refractivity contribution in [2.75, 3.05) is 18.0 Å². The summed E-state index contributed by atoms with van der Waals surface area (Å²) in [5.74, 6) is 2.08. The third-order valence-electron chi connectivity index (χ3n) is 2.62. The van der Waals surface area contributed by atoms with Crippen LogP contribution in [0.4, 0.5) is 5.95 Å². The van der Waals surface area contributed by atoms with Crippen molar-refractivity contribution in [3.05, 3.63) is 11.1 Å². The smallest absolute Gasteiger partial charge is 0.229 e. The molecule has 0 aliphatic carbocycles. The lowest BCUT2D eigenvalue weighted by Gasteiger charge is -2.15. The molecule has 1 saturated heterocycles. The molecule has 88 valence electrons. The van der Waals surface area contributed by atoms with E-state index >= 15 is 0 Å². The van der Waals surface area contributed by atoms with Crippen molar-refractivity contribution in [1.82, 2.24) is 15.0 Å². The van der Waals surface area contributed by atoms with Crippen molar-refractivity contribution in [3.63, 3.8) is 0 Å². The highest BCUT2D eigenvalue weighted by Gasteiger charge is 2.17. The highest BCUT2D eigenvalue weighted by Crippen LogP contribution is 2.17. The molecule has 0 unspecified atom stereocenters. The minimum Gasteiger partial charge on any atom is -0.341 e. The van der Waals surface area contributed by atoms with Crippen LogP contribution in [0.15, 0.2) is 0 Å². The fraction of sp³-hybridized carbons (Fsp3) is 0.727. The second kappa shape index (κ2) is 4.95. The first kappa shape index (κ1) is 11.6. The van der Waals surface area contributed by atoms with Gasteiger partial charge in [0.05, 0.1) is 0 Å². The van der Waals surface area contributed by atoms with E-state index < -0.39 is 0 Å². The highest BCUT2D eigenvalue weighted by atomic mass is 35.5. The Balaban J connectivity index is 2.20. The Bertz CT molecular complexity index is 361. The van der Waals surface area contributed by atoms with Crippen molar-refractivity contribution in [2.45, 2.75) is 33.1 Å². The molecule has 1 fully saturated rings. The molecule has 0 spiro atoms. The van der Waals surface area contributed by atoms with Gasteiger partial charge in [-0.05, 0) is 30.4 Å². The quantitative estimate of drug-likeness (QED) is 0.813. The molecule has 4 nitrogen and oxygen atoms in total. The van der Waals surface area contributed by atoms with Gasteiger partial charge in [0.25, 0.3) is 0 Å². The first-order valence-corrected chi connectivity index (χ1v) is 6.18. The van der Waals surface area contributed by atoms with Gasteiger partial charge in [0.15, 0.2) is 0 Å². The molecular weight excluding hydrogens is 224 g/mol. The summed E-state index contributed by atoms with van der Waals surface area (Å²) in [6, 6.07) is 0. The lowest BCUT2D eigenvalue weighted by Crippen LogP contribution is -2.21. The minimum absolute atomic E-state index is 0.313. The number of rotatable bonds is 3. The van der Waals surface area contributed by atoms with Gasteiger partial charge in [-0.15, -0.1) is 0 Å². The molecule has 0 amide bonds. The summed E-state index contributed by atoms with van der Waals surface area (Å²) in [6.45, 7) is 6.35. The molecule has 0 saturated carbocycles. The first-order valence-electron chi connectivity index (χ1n) is 5.80. The van der Waals surface area contributed by atoms with Crippen molar-refractivity contribution in [3.8, 4) is 0 Å². The second-order valence-corrected chi connectivity index (χ2v) is 4.95. The molecule has 0 atom stereocenters. The molecule has 16 heavy (non-hydrogen) atoms. The lowest BCUT2D eigenvalue weighted by atomic mass is 10.1. The van der Waals surface area contributed by atoms with E-state index in [0.29, 0.717) is 11.2 Å². The van der Waals surface area contributed by atoms with E-state index in [-0.39, 0.29) is 0 Å². The maximum atomic E-state index is 5.92. The normalized spacial score (nSPS) is 16.1. The summed E-state index contributed by atoms with van der Waals surface area (Å²) in [4.78, 5) is 15.0. The Labute approximate surface area is 101 Å². The van der Waals surface area contributed by atoms with Crippen LogP contribution in [-0.2, 0) is 6.42 Å². The van der Waals surface area contributed by atoms with Gasteiger partial charge in [-0.3, -0.25) is 0 Å². The van der Waals surface area contributed by atoms with E-state index in [0.717, 1.165) is 31.3 Å². The van der Waals surface area contributed by atoms with E-state index in [1.807, 2.05) is 0 Å². The van der Waals surface area contributed by atoms with E-state index in [9.17, 15) is 0 Å². The fourth-order valence-corrected chi connectivity index (χ4v) is 2.07. The number of halogens is 1. The van der Waals surface area contributed by atoms with Crippen molar-refractivity contribution in [1.29, 1.82) is 0 Å². The largest absolute Gasteiger partial charge is 0.341 e. The van der Waals surface area contributed by atoms with Crippen LogP contribution in [0.25, 0.3) is 0 Å². The standard InChI is InChI=1S/C11H17ClN4/c1-8(2)7-9-13-10(12)15-11(14-9)16-5-3-4-6-16/h8H,3-7H2,1-2H3. The third-order valence-corrected chi connectivity index (χ3v) is 2.79. The van der Waals surface area contributed by atoms with Crippen LogP contribution >= 0.6 is 11.6 Å². The third kappa shape index (κ3) is 2.82. The fourth-order valence-electron chi connectivity index (χ4n) is 1.89. The Morgan fingerprint density at radius 2 is 1.88 bits per heavy atom. The van der Waals surface area contributed by atoms with Gasteiger partial charge in [0, 0.05) is 19.5 Å². The molecule has 2 heterocycles. The predicted molar refractivity (Wildman–Crippen MR) is 64.8 cm³/mol. The average molecular weight is 241 g/mol. The number of nitrogens with zero attached hydrogens (tertiary/aromatic N) is 4. The van der Waals surface area contributed by atoms with E-state index in [1.54, 1.807) is 0 Å². The van der Waals surface area contributed by atoms with Crippen molar-refractivity contribution >= 4 is 17.5 Å². The summed E-state index contributed by atoms with van der Waals surface area (Å²) in [5, 5.41) is 0.313. The van der Waals surface area contributed by atoms with Crippen LogP contribution in [-0.4, -0.2) is 28.0 Å². The number of hydrogen-bond donors (Lipinski definition) is 0. The van der Waals surface area contributed by atoms with Crippen LogP contribution in [0.2, 0.25) is 5.28 Å². The van der Waals surface area contributed by atoms with Gasteiger partial charge >= 0.3 is 0 Å². The van der Waals surface area contributed by atoms with Crippen LogP contribution in [0.5, 0.6) is 0 Å². The molecule has 0 N–H and O–H groups in total. The zero-order valence-corrected chi connectivity index (χ0v) is 10.5. The van der Waals surface area contributed by atoms with E-state index in [2.05, 4.69) is 33.7 Å². The summed E-state index contributed by atoms with van der Waals surface area (Å²) in [7, 11) is 0. The second-order valence-electron chi connectivity index (χ2n) is 4.61. The van der Waals surface area contributed by atoms with Crippen LogP contribution in [0, 0.1) is 5.92 Å². The van der Waals surface area contributed by atoms with Crippen molar-refractivity contribution < 1.29 is 0 Å². The topological polar surface area (TPSA) is 41.9 Å². The summed E-state index contributed by atoms with van der Waals surface area (Å²) in [6.07, 6.45) is 3.27. The summed E-state index contributed by atoms with van der Waals surface area (Å²) in [5.41, 5.74) is 0. The molecule has 0 aromatic carbocycles. The van der Waals surface area contributed by atoms with Gasteiger partial charge < -0.3 is 4.90 Å². The molecule has 1 aromatic rings. The number of hydrogen-bond acceptors (Lipinski definition) is 4.